The average molecular weight is 216 g/mol. The smallest absolute Gasteiger partial charge is 0.0229 e. The molecule has 3 heteroatoms. The highest BCUT2D eigenvalue weighted by molar-refractivity contribution is 7.98. The minimum atomic E-state index is 0.634. The summed E-state index contributed by atoms with van der Waals surface area (Å²) in [4.78, 5) is 2.65. The molecule has 0 aliphatic heterocycles. The van der Waals surface area contributed by atoms with Crippen LogP contribution in [0.2, 0.25) is 0 Å². The molecular weight excluding hydrogens is 192 g/mol. The van der Waals surface area contributed by atoms with E-state index in [0.29, 0.717) is 6.04 Å². The van der Waals surface area contributed by atoms with Crippen LogP contribution in [0.4, 0.5) is 0 Å². The predicted molar refractivity (Wildman–Crippen MR) is 65.9 cm³/mol. The van der Waals surface area contributed by atoms with Crippen LogP contribution in [0.3, 0.4) is 0 Å². The van der Waals surface area contributed by atoms with Crippen molar-refractivity contribution in [1.29, 1.82) is 0 Å². The molecule has 1 rings (SSSR count). The number of nitrogens with two attached hydrogens (primary N) is 1. The Morgan fingerprint density at radius 2 is 2.21 bits per heavy atom. The summed E-state index contributed by atoms with van der Waals surface area (Å²) in [7, 11) is 0. The van der Waals surface area contributed by atoms with E-state index in [-0.39, 0.29) is 0 Å². The van der Waals surface area contributed by atoms with Crippen LogP contribution in [0.5, 0.6) is 0 Å². The van der Waals surface area contributed by atoms with Crippen molar-refractivity contribution in [2.75, 3.05) is 25.1 Å². The summed E-state index contributed by atoms with van der Waals surface area (Å²) < 4.78 is 0. The monoisotopic (exact) mass is 216 g/mol. The van der Waals surface area contributed by atoms with Crippen LogP contribution in [0.15, 0.2) is 0 Å². The van der Waals surface area contributed by atoms with E-state index in [1.807, 2.05) is 11.8 Å². The van der Waals surface area contributed by atoms with Gasteiger partial charge in [0.1, 0.15) is 0 Å². The Morgan fingerprint density at radius 1 is 1.50 bits per heavy atom. The fourth-order valence-corrected chi connectivity index (χ4v) is 2.51. The molecule has 0 aromatic carbocycles. The molecule has 0 radical (unpaired) electrons. The van der Waals surface area contributed by atoms with Gasteiger partial charge in [-0.3, -0.25) is 4.90 Å². The van der Waals surface area contributed by atoms with Gasteiger partial charge in [0.05, 0.1) is 0 Å². The first-order valence-electron chi connectivity index (χ1n) is 5.78. The average Bonchev–Trinajstić information content (AvgIpc) is 3.00. The third-order valence-corrected chi connectivity index (χ3v) is 3.54. The summed E-state index contributed by atoms with van der Waals surface area (Å²) in [6, 6.07) is 1.50. The summed E-state index contributed by atoms with van der Waals surface area (Å²) in [6.07, 6.45) is 7.49. The van der Waals surface area contributed by atoms with Crippen LogP contribution < -0.4 is 5.73 Å². The van der Waals surface area contributed by atoms with E-state index in [0.717, 1.165) is 12.6 Å². The summed E-state index contributed by atoms with van der Waals surface area (Å²) in [5, 5.41) is 0. The molecule has 0 amide bonds. The molecule has 1 atom stereocenters. The molecule has 0 heterocycles. The summed E-state index contributed by atoms with van der Waals surface area (Å²) in [5.41, 5.74) is 5.86. The van der Waals surface area contributed by atoms with Gasteiger partial charge in [0, 0.05) is 18.6 Å². The van der Waals surface area contributed by atoms with Crippen molar-refractivity contribution in [1.82, 2.24) is 4.90 Å². The van der Waals surface area contributed by atoms with Gasteiger partial charge in [-0.2, -0.15) is 11.8 Å². The first-order chi connectivity index (χ1) is 6.83. The Labute approximate surface area is 92.6 Å². The van der Waals surface area contributed by atoms with Gasteiger partial charge in [0.2, 0.25) is 0 Å². The van der Waals surface area contributed by atoms with Crippen molar-refractivity contribution >= 4 is 11.8 Å². The molecule has 14 heavy (non-hydrogen) atoms. The second-order valence-corrected chi connectivity index (χ2v) is 5.13. The number of thioether (sulfide) groups is 1. The summed E-state index contributed by atoms with van der Waals surface area (Å²) in [6.45, 7) is 4.33. The summed E-state index contributed by atoms with van der Waals surface area (Å²) >= 11 is 1.93. The third kappa shape index (κ3) is 3.79. The summed E-state index contributed by atoms with van der Waals surface area (Å²) in [5.74, 6) is 1.24. The fraction of sp³-hybridized carbons (Fsp3) is 1.00. The molecule has 2 nitrogen and oxygen atoms in total. The quantitative estimate of drug-likeness (QED) is 0.672. The van der Waals surface area contributed by atoms with Crippen molar-refractivity contribution in [3.05, 3.63) is 0 Å². The minimum absolute atomic E-state index is 0.634. The Balaban J connectivity index is 2.35. The molecular formula is C11H24N2S. The van der Waals surface area contributed by atoms with Gasteiger partial charge >= 0.3 is 0 Å². The van der Waals surface area contributed by atoms with Crippen molar-refractivity contribution in [2.24, 2.45) is 5.73 Å². The van der Waals surface area contributed by atoms with Crippen LogP contribution in [0, 0.1) is 0 Å². The van der Waals surface area contributed by atoms with Crippen molar-refractivity contribution < 1.29 is 0 Å². The molecule has 1 unspecified atom stereocenters. The largest absolute Gasteiger partial charge is 0.329 e. The van der Waals surface area contributed by atoms with E-state index >= 15 is 0 Å². The molecule has 0 aromatic rings. The van der Waals surface area contributed by atoms with E-state index < -0.39 is 0 Å². The van der Waals surface area contributed by atoms with E-state index in [2.05, 4.69) is 18.1 Å². The zero-order valence-electron chi connectivity index (χ0n) is 9.54. The zero-order valence-corrected chi connectivity index (χ0v) is 10.4. The Bertz CT molecular complexity index is 148. The van der Waals surface area contributed by atoms with Gasteiger partial charge in [-0.1, -0.05) is 6.92 Å². The second-order valence-electron chi connectivity index (χ2n) is 4.14. The van der Waals surface area contributed by atoms with E-state index in [9.17, 15) is 0 Å². The van der Waals surface area contributed by atoms with Gasteiger partial charge in [-0.15, -0.1) is 0 Å². The van der Waals surface area contributed by atoms with Gasteiger partial charge in [-0.25, -0.2) is 0 Å². The third-order valence-electron chi connectivity index (χ3n) is 2.89. The lowest BCUT2D eigenvalue weighted by atomic mass is 10.1. The van der Waals surface area contributed by atoms with Crippen molar-refractivity contribution in [3.63, 3.8) is 0 Å². The number of hydrogen-bond donors (Lipinski definition) is 1. The molecule has 0 aromatic heterocycles. The highest BCUT2D eigenvalue weighted by Crippen LogP contribution is 2.29. The van der Waals surface area contributed by atoms with E-state index in [1.165, 1.54) is 38.0 Å². The molecule has 0 bridgehead atoms. The topological polar surface area (TPSA) is 29.3 Å². The first-order valence-corrected chi connectivity index (χ1v) is 7.17. The zero-order chi connectivity index (χ0) is 10.4. The van der Waals surface area contributed by atoms with Crippen molar-refractivity contribution in [2.45, 2.75) is 44.7 Å². The van der Waals surface area contributed by atoms with Crippen LogP contribution >= 0.6 is 11.8 Å². The highest BCUT2D eigenvalue weighted by Gasteiger charge is 2.32. The predicted octanol–water partition coefficient (Wildman–Crippen LogP) is 1.94. The van der Waals surface area contributed by atoms with Crippen LogP contribution in [0.1, 0.15) is 32.6 Å². The Hall–Kier alpha value is 0.270. The molecule has 1 aliphatic carbocycles. The highest BCUT2D eigenvalue weighted by atomic mass is 32.2. The lowest BCUT2D eigenvalue weighted by Crippen LogP contribution is -2.42. The standard InChI is InChI=1S/C11H24N2S/c1-3-7-13(10-4-5-10)11(9-12)6-8-14-2/h10-11H,3-9,12H2,1-2H3. The van der Waals surface area contributed by atoms with Crippen LogP contribution in [-0.2, 0) is 0 Å². The van der Waals surface area contributed by atoms with Gasteiger partial charge in [-0.05, 0) is 44.2 Å². The van der Waals surface area contributed by atoms with Crippen molar-refractivity contribution in [3.8, 4) is 0 Å². The lowest BCUT2D eigenvalue weighted by Gasteiger charge is -2.30. The van der Waals surface area contributed by atoms with Gasteiger partial charge < -0.3 is 5.73 Å². The van der Waals surface area contributed by atoms with Crippen LogP contribution in [-0.4, -0.2) is 42.1 Å². The maximum Gasteiger partial charge on any atom is 0.0229 e. The van der Waals surface area contributed by atoms with E-state index in [4.69, 9.17) is 5.73 Å². The van der Waals surface area contributed by atoms with E-state index in [1.54, 1.807) is 0 Å². The Kier molecular flexibility index (Phi) is 5.90. The van der Waals surface area contributed by atoms with Gasteiger partial charge in [0.25, 0.3) is 0 Å². The second kappa shape index (κ2) is 6.70. The fourth-order valence-electron chi connectivity index (χ4n) is 2.00. The lowest BCUT2D eigenvalue weighted by molar-refractivity contribution is 0.186. The molecule has 84 valence electrons. The van der Waals surface area contributed by atoms with Gasteiger partial charge in [0.15, 0.2) is 0 Å². The molecule has 2 N–H and O–H groups in total. The van der Waals surface area contributed by atoms with Crippen LogP contribution in [0.25, 0.3) is 0 Å². The molecule has 1 fully saturated rings. The maximum atomic E-state index is 5.86. The molecule has 0 spiro atoms. The number of rotatable bonds is 8. The Morgan fingerprint density at radius 3 is 2.64 bits per heavy atom. The molecule has 1 saturated carbocycles. The first kappa shape index (κ1) is 12.3. The molecule has 0 saturated heterocycles. The normalized spacial score (nSPS) is 18.9. The number of nitrogens with zero attached hydrogens (tertiary/aromatic N) is 1. The number of hydrogen-bond acceptors (Lipinski definition) is 3. The SMILES string of the molecule is CCCN(C(CN)CCSC)C1CC1. The molecule has 1 aliphatic rings. The maximum absolute atomic E-state index is 5.86. The minimum Gasteiger partial charge on any atom is -0.329 e.